The number of thioether (sulfide) groups is 1. The average molecular weight is 419 g/mol. The van der Waals surface area contributed by atoms with Gasteiger partial charge in [-0.1, -0.05) is 48.4 Å². The SMILES string of the molecule is CC[C@H](C(=O)NC)N(Cc1ccc(Cl)cc1)C(=O)CCSc1ccc(C)cc1. The van der Waals surface area contributed by atoms with Gasteiger partial charge >= 0.3 is 0 Å². The van der Waals surface area contributed by atoms with Crippen LogP contribution in [0, 0.1) is 6.92 Å². The fourth-order valence-electron chi connectivity index (χ4n) is 2.91. The molecule has 4 nitrogen and oxygen atoms in total. The zero-order chi connectivity index (χ0) is 20.5. The Morgan fingerprint density at radius 1 is 1.11 bits per heavy atom. The molecule has 0 aromatic heterocycles. The molecule has 0 aliphatic carbocycles. The van der Waals surface area contributed by atoms with Gasteiger partial charge in [0.1, 0.15) is 6.04 Å². The van der Waals surface area contributed by atoms with Crippen molar-refractivity contribution < 1.29 is 9.59 Å². The minimum atomic E-state index is -0.488. The van der Waals surface area contributed by atoms with Crippen LogP contribution >= 0.6 is 23.4 Å². The molecule has 150 valence electrons. The molecule has 0 saturated carbocycles. The van der Waals surface area contributed by atoms with Crippen LogP contribution in [0.3, 0.4) is 0 Å². The Morgan fingerprint density at radius 2 is 1.75 bits per heavy atom. The second-order valence-electron chi connectivity index (χ2n) is 6.60. The summed E-state index contributed by atoms with van der Waals surface area (Å²) in [7, 11) is 1.60. The van der Waals surface area contributed by atoms with Gasteiger partial charge in [-0.15, -0.1) is 11.8 Å². The second kappa shape index (κ2) is 11.1. The monoisotopic (exact) mass is 418 g/mol. The minimum Gasteiger partial charge on any atom is -0.357 e. The van der Waals surface area contributed by atoms with Gasteiger partial charge in [-0.2, -0.15) is 0 Å². The first-order valence-corrected chi connectivity index (χ1v) is 10.8. The Labute approximate surface area is 176 Å². The van der Waals surface area contributed by atoms with Crippen LogP contribution in [0.1, 0.15) is 30.9 Å². The van der Waals surface area contributed by atoms with E-state index in [1.54, 1.807) is 35.8 Å². The molecule has 2 rings (SSSR count). The maximum absolute atomic E-state index is 13.0. The Bertz CT molecular complexity index is 778. The number of nitrogens with zero attached hydrogens (tertiary/aromatic N) is 1. The predicted octanol–water partition coefficient (Wildman–Crippen LogP) is 4.68. The predicted molar refractivity (Wildman–Crippen MR) is 117 cm³/mol. The smallest absolute Gasteiger partial charge is 0.242 e. The highest BCUT2D eigenvalue weighted by Crippen LogP contribution is 2.21. The third-order valence-corrected chi connectivity index (χ3v) is 5.77. The van der Waals surface area contributed by atoms with Crippen molar-refractivity contribution in [3.63, 3.8) is 0 Å². The summed E-state index contributed by atoms with van der Waals surface area (Å²) in [6, 6.07) is 15.1. The zero-order valence-electron chi connectivity index (χ0n) is 16.6. The molecule has 1 atom stereocenters. The molecule has 0 fully saturated rings. The van der Waals surface area contributed by atoms with Gasteiger partial charge in [-0.3, -0.25) is 9.59 Å². The van der Waals surface area contributed by atoms with Crippen molar-refractivity contribution in [1.29, 1.82) is 0 Å². The number of hydrogen-bond donors (Lipinski definition) is 1. The highest BCUT2D eigenvalue weighted by molar-refractivity contribution is 7.99. The van der Waals surface area contributed by atoms with E-state index in [-0.39, 0.29) is 11.8 Å². The first-order chi connectivity index (χ1) is 13.4. The van der Waals surface area contributed by atoms with Crippen molar-refractivity contribution in [1.82, 2.24) is 10.2 Å². The standard InChI is InChI=1S/C22H27ClN2O2S/c1-4-20(22(27)24-3)25(15-17-7-9-18(23)10-8-17)21(26)13-14-28-19-11-5-16(2)6-12-19/h5-12,20H,4,13-15H2,1-3H3,(H,24,27)/t20-/m1/s1. The van der Waals surface area contributed by atoms with Crippen LogP contribution in [0.4, 0.5) is 0 Å². The van der Waals surface area contributed by atoms with E-state index in [4.69, 9.17) is 11.6 Å². The van der Waals surface area contributed by atoms with Crippen molar-refractivity contribution in [2.75, 3.05) is 12.8 Å². The van der Waals surface area contributed by atoms with Gasteiger partial charge < -0.3 is 10.2 Å². The molecule has 0 radical (unpaired) electrons. The van der Waals surface area contributed by atoms with Gasteiger partial charge in [0.2, 0.25) is 11.8 Å². The summed E-state index contributed by atoms with van der Waals surface area (Å²) in [5, 5.41) is 3.32. The molecule has 28 heavy (non-hydrogen) atoms. The number of amides is 2. The number of nitrogens with one attached hydrogen (secondary N) is 1. The normalized spacial score (nSPS) is 11.7. The van der Waals surface area contributed by atoms with E-state index in [0.29, 0.717) is 30.2 Å². The van der Waals surface area contributed by atoms with Gasteiger partial charge in [0.15, 0.2) is 0 Å². The second-order valence-corrected chi connectivity index (χ2v) is 8.20. The lowest BCUT2D eigenvalue weighted by atomic mass is 10.1. The first kappa shape index (κ1) is 22.3. The van der Waals surface area contributed by atoms with Crippen LogP contribution in [-0.2, 0) is 16.1 Å². The molecule has 1 N–H and O–H groups in total. The van der Waals surface area contributed by atoms with Crippen LogP contribution in [0.25, 0.3) is 0 Å². The van der Waals surface area contributed by atoms with Crippen molar-refractivity contribution in [2.24, 2.45) is 0 Å². The lowest BCUT2D eigenvalue weighted by Crippen LogP contribution is -2.48. The number of likely N-dealkylation sites (N-methyl/N-ethyl adjacent to an activating group) is 1. The molecule has 2 amide bonds. The number of rotatable bonds is 9. The Kier molecular flexibility index (Phi) is 8.87. The molecule has 0 spiro atoms. The minimum absolute atomic E-state index is 0.0231. The van der Waals surface area contributed by atoms with Crippen LogP contribution in [-0.4, -0.2) is 35.6 Å². The third-order valence-electron chi connectivity index (χ3n) is 4.50. The van der Waals surface area contributed by atoms with Crippen LogP contribution < -0.4 is 5.32 Å². The number of carbonyl (C=O) groups is 2. The van der Waals surface area contributed by atoms with E-state index >= 15 is 0 Å². The van der Waals surface area contributed by atoms with Crippen molar-refractivity contribution in [3.8, 4) is 0 Å². The summed E-state index contributed by atoms with van der Waals surface area (Å²) in [4.78, 5) is 28.1. The van der Waals surface area contributed by atoms with Crippen LogP contribution in [0.5, 0.6) is 0 Å². The van der Waals surface area contributed by atoms with Gasteiger partial charge in [0.25, 0.3) is 0 Å². The summed E-state index contributed by atoms with van der Waals surface area (Å²) in [6.45, 7) is 4.36. The maximum Gasteiger partial charge on any atom is 0.242 e. The fraction of sp³-hybridized carbons (Fsp3) is 0.364. The van der Waals surface area contributed by atoms with Gasteiger partial charge in [0, 0.05) is 35.7 Å². The third kappa shape index (κ3) is 6.57. The van der Waals surface area contributed by atoms with E-state index in [2.05, 4.69) is 36.5 Å². The Morgan fingerprint density at radius 3 is 2.32 bits per heavy atom. The number of hydrogen-bond acceptors (Lipinski definition) is 3. The van der Waals surface area contributed by atoms with Crippen molar-refractivity contribution >= 4 is 35.2 Å². The Balaban J connectivity index is 2.07. The summed E-state index contributed by atoms with van der Waals surface area (Å²) in [5.41, 5.74) is 2.16. The molecule has 6 heteroatoms. The molecular formula is C22H27ClN2O2S. The Hall–Kier alpha value is -1.98. The fourth-order valence-corrected chi connectivity index (χ4v) is 3.87. The lowest BCUT2D eigenvalue weighted by molar-refractivity contribution is -0.140. The molecule has 0 aliphatic heterocycles. The molecule has 0 heterocycles. The maximum atomic E-state index is 13.0. The summed E-state index contributed by atoms with van der Waals surface area (Å²) in [6.07, 6.45) is 0.934. The molecule has 2 aromatic rings. The van der Waals surface area contributed by atoms with Crippen LogP contribution in [0.15, 0.2) is 53.4 Å². The quantitative estimate of drug-likeness (QED) is 0.601. The zero-order valence-corrected chi connectivity index (χ0v) is 18.1. The summed E-state index contributed by atoms with van der Waals surface area (Å²) < 4.78 is 0. The van der Waals surface area contributed by atoms with Crippen LogP contribution in [0.2, 0.25) is 5.02 Å². The number of aryl methyl sites for hydroxylation is 1. The number of carbonyl (C=O) groups excluding carboxylic acids is 2. The first-order valence-electron chi connectivity index (χ1n) is 9.39. The topological polar surface area (TPSA) is 49.4 Å². The highest BCUT2D eigenvalue weighted by atomic mass is 35.5. The van der Waals surface area contributed by atoms with E-state index in [1.807, 2.05) is 19.1 Å². The van der Waals surface area contributed by atoms with Gasteiger partial charge in [0.05, 0.1) is 0 Å². The van der Waals surface area contributed by atoms with Crippen molar-refractivity contribution in [2.45, 2.75) is 44.2 Å². The van der Waals surface area contributed by atoms with Gasteiger partial charge in [-0.05, 0) is 43.2 Å². The summed E-state index contributed by atoms with van der Waals surface area (Å²) in [5.74, 6) is 0.504. The lowest BCUT2D eigenvalue weighted by Gasteiger charge is -2.30. The molecule has 0 aliphatic rings. The molecule has 0 unspecified atom stereocenters. The van der Waals surface area contributed by atoms with Crippen molar-refractivity contribution in [3.05, 3.63) is 64.7 Å². The number of halogens is 1. The molecule has 2 aromatic carbocycles. The molecular weight excluding hydrogens is 392 g/mol. The molecule has 0 bridgehead atoms. The van der Waals surface area contributed by atoms with E-state index in [1.165, 1.54) is 5.56 Å². The highest BCUT2D eigenvalue weighted by Gasteiger charge is 2.27. The van der Waals surface area contributed by atoms with E-state index in [0.717, 1.165) is 10.5 Å². The largest absolute Gasteiger partial charge is 0.357 e. The van der Waals surface area contributed by atoms with Gasteiger partial charge in [-0.25, -0.2) is 0 Å². The number of benzene rings is 2. The van der Waals surface area contributed by atoms with E-state index in [9.17, 15) is 9.59 Å². The van der Waals surface area contributed by atoms with E-state index < -0.39 is 6.04 Å². The average Bonchev–Trinajstić information content (AvgIpc) is 2.70. The molecule has 0 saturated heterocycles. The summed E-state index contributed by atoms with van der Waals surface area (Å²) >= 11 is 7.61.